The average molecular weight is 379 g/mol. The first-order valence-electron chi connectivity index (χ1n) is 10.2. The Morgan fingerprint density at radius 1 is 0.448 bits per heavy atom. The third-order valence-electron chi connectivity index (χ3n) is 5.63. The number of phenols is 1. The third kappa shape index (κ3) is 4.57. The van der Waals surface area contributed by atoms with Crippen molar-refractivity contribution in [1.29, 1.82) is 0 Å². The molecule has 0 atom stereocenters. The molecule has 4 aromatic rings. The Morgan fingerprint density at radius 3 is 1.17 bits per heavy atom. The highest BCUT2D eigenvalue weighted by Crippen LogP contribution is 2.40. The summed E-state index contributed by atoms with van der Waals surface area (Å²) in [6.45, 7) is 0. The third-order valence-corrected chi connectivity index (χ3v) is 5.63. The molecule has 29 heavy (non-hydrogen) atoms. The second-order valence-corrected chi connectivity index (χ2v) is 7.78. The van der Waals surface area contributed by atoms with Crippen LogP contribution in [0.5, 0.6) is 5.75 Å². The quantitative estimate of drug-likeness (QED) is 0.397. The van der Waals surface area contributed by atoms with E-state index in [0.29, 0.717) is 5.75 Å². The number of benzene rings is 4. The van der Waals surface area contributed by atoms with Crippen LogP contribution in [0.15, 0.2) is 115 Å². The van der Waals surface area contributed by atoms with Crippen molar-refractivity contribution in [2.45, 2.75) is 24.7 Å². The minimum absolute atomic E-state index is 0.255. The van der Waals surface area contributed by atoms with Crippen molar-refractivity contribution in [3.05, 3.63) is 138 Å². The lowest BCUT2D eigenvalue weighted by molar-refractivity contribution is 0.383. The molecule has 0 saturated carbocycles. The van der Waals surface area contributed by atoms with Gasteiger partial charge in [-0.2, -0.15) is 0 Å². The fraction of sp³-hybridized carbons (Fsp3) is 0.143. The zero-order chi connectivity index (χ0) is 19.9. The first-order valence-corrected chi connectivity index (χ1v) is 10.2. The van der Waals surface area contributed by atoms with E-state index >= 15 is 0 Å². The van der Waals surface area contributed by atoms with Gasteiger partial charge in [-0.1, -0.05) is 109 Å². The van der Waals surface area contributed by atoms with E-state index in [1.807, 2.05) is 18.2 Å². The van der Waals surface area contributed by atoms with E-state index in [0.717, 1.165) is 24.8 Å². The number of para-hydroxylation sites is 1. The smallest absolute Gasteiger partial charge is 0.119 e. The minimum atomic E-state index is -0.255. The molecule has 0 aliphatic heterocycles. The zero-order valence-electron chi connectivity index (χ0n) is 16.5. The zero-order valence-corrected chi connectivity index (χ0v) is 16.5. The molecule has 0 fully saturated rings. The van der Waals surface area contributed by atoms with Crippen LogP contribution in [0.2, 0.25) is 0 Å². The first kappa shape index (κ1) is 19.0. The van der Waals surface area contributed by atoms with Crippen LogP contribution in [0.3, 0.4) is 0 Å². The maximum atomic E-state index is 10.9. The second kappa shape index (κ2) is 8.79. The van der Waals surface area contributed by atoms with Crippen LogP contribution in [0.1, 0.15) is 22.3 Å². The van der Waals surface area contributed by atoms with Gasteiger partial charge in [0.1, 0.15) is 5.75 Å². The summed E-state index contributed by atoms with van der Waals surface area (Å²) < 4.78 is 0. The first-order chi connectivity index (χ1) is 14.3. The number of hydrogen-bond acceptors (Lipinski definition) is 1. The maximum absolute atomic E-state index is 10.9. The number of rotatable bonds is 7. The van der Waals surface area contributed by atoms with Crippen molar-refractivity contribution in [2.24, 2.45) is 0 Å². The fourth-order valence-corrected chi connectivity index (χ4v) is 4.36. The van der Waals surface area contributed by atoms with Crippen molar-refractivity contribution in [3.8, 4) is 5.75 Å². The molecule has 0 amide bonds. The van der Waals surface area contributed by atoms with Crippen LogP contribution in [0.25, 0.3) is 0 Å². The molecule has 0 spiro atoms. The largest absolute Gasteiger partial charge is 0.508 e. The predicted molar refractivity (Wildman–Crippen MR) is 120 cm³/mol. The topological polar surface area (TPSA) is 20.2 Å². The fourth-order valence-electron chi connectivity index (χ4n) is 4.36. The number of hydrogen-bond donors (Lipinski definition) is 1. The van der Waals surface area contributed by atoms with Crippen molar-refractivity contribution in [3.63, 3.8) is 0 Å². The van der Waals surface area contributed by atoms with Crippen LogP contribution < -0.4 is 0 Å². The molecule has 0 aliphatic carbocycles. The SMILES string of the molecule is Oc1ccccc1C(Cc1ccccc1)(Cc1ccccc1)Cc1ccccc1. The van der Waals surface area contributed by atoms with Crippen molar-refractivity contribution in [1.82, 2.24) is 0 Å². The van der Waals surface area contributed by atoms with Gasteiger partial charge >= 0.3 is 0 Å². The lowest BCUT2D eigenvalue weighted by Crippen LogP contribution is -2.34. The Balaban J connectivity index is 1.86. The van der Waals surface area contributed by atoms with E-state index in [9.17, 15) is 5.11 Å². The molecule has 0 aliphatic rings. The summed E-state index contributed by atoms with van der Waals surface area (Å²) in [4.78, 5) is 0. The van der Waals surface area contributed by atoms with Crippen molar-refractivity contribution < 1.29 is 5.11 Å². The standard InChI is InChI=1S/C28H26O/c29-27-19-11-10-18-26(27)28(20-23-12-4-1-5-13-23,21-24-14-6-2-7-15-24)22-25-16-8-3-9-17-25/h1-19,29H,20-22H2. The summed E-state index contributed by atoms with van der Waals surface area (Å²) in [5.74, 6) is 0.371. The van der Waals surface area contributed by atoms with E-state index in [-0.39, 0.29) is 5.41 Å². The van der Waals surface area contributed by atoms with Gasteiger partial charge in [0.05, 0.1) is 0 Å². The molecule has 0 bridgehead atoms. The molecular weight excluding hydrogens is 352 g/mol. The molecule has 0 heterocycles. The van der Waals surface area contributed by atoms with Crippen LogP contribution in [0.4, 0.5) is 0 Å². The summed E-state index contributed by atoms with van der Waals surface area (Å²) in [5, 5.41) is 10.9. The van der Waals surface area contributed by atoms with Gasteiger partial charge in [0, 0.05) is 11.0 Å². The lowest BCUT2D eigenvalue weighted by Gasteiger charge is -2.36. The highest BCUT2D eigenvalue weighted by Gasteiger charge is 2.35. The highest BCUT2D eigenvalue weighted by atomic mass is 16.3. The van der Waals surface area contributed by atoms with Gasteiger partial charge in [0.15, 0.2) is 0 Å². The Bertz CT molecular complexity index is 922. The van der Waals surface area contributed by atoms with Crippen LogP contribution in [-0.2, 0) is 24.7 Å². The molecule has 0 unspecified atom stereocenters. The Hall–Kier alpha value is -3.32. The van der Waals surface area contributed by atoms with Gasteiger partial charge in [-0.05, 0) is 42.0 Å². The van der Waals surface area contributed by atoms with Gasteiger partial charge in [0.2, 0.25) is 0 Å². The summed E-state index contributed by atoms with van der Waals surface area (Å²) >= 11 is 0. The highest BCUT2D eigenvalue weighted by molar-refractivity contribution is 5.43. The Labute approximate surface area is 173 Å². The van der Waals surface area contributed by atoms with Crippen LogP contribution >= 0.6 is 0 Å². The molecule has 1 N–H and O–H groups in total. The van der Waals surface area contributed by atoms with E-state index in [1.165, 1.54) is 16.7 Å². The molecule has 1 heteroatoms. The van der Waals surface area contributed by atoms with Crippen LogP contribution in [-0.4, -0.2) is 5.11 Å². The molecule has 0 radical (unpaired) electrons. The molecule has 1 nitrogen and oxygen atoms in total. The summed E-state index contributed by atoms with van der Waals surface area (Å²) in [6, 6.07) is 39.7. The number of phenolic OH excluding ortho intramolecular Hbond substituents is 1. The van der Waals surface area contributed by atoms with E-state index in [1.54, 1.807) is 0 Å². The molecular formula is C28H26O. The van der Waals surface area contributed by atoms with E-state index in [2.05, 4.69) is 97.1 Å². The average Bonchev–Trinajstić information content (AvgIpc) is 2.76. The lowest BCUT2D eigenvalue weighted by atomic mass is 9.67. The normalized spacial score (nSPS) is 11.3. The summed E-state index contributed by atoms with van der Waals surface area (Å²) in [7, 11) is 0. The van der Waals surface area contributed by atoms with E-state index in [4.69, 9.17) is 0 Å². The van der Waals surface area contributed by atoms with Gasteiger partial charge in [0.25, 0.3) is 0 Å². The summed E-state index contributed by atoms with van der Waals surface area (Å²) in [6.07, 6.45) is 2.57. The molecule has 144 valence electrons. The van der Waals surface area contributed by atoms with Crippen LogP contribution in [0, 0.1) is 0 Å². The number of aromatic hydroxyl groups is 1. The minimum Gasteiger partial charge on any atom is -0.508 e. The Morgan fingerprint density at radius 2 is 0.793 bits per heavy atom. The van der Waals surface area contributed by atoms with E-state index < -0.39 is 0 Å². The van der Waals surface area contributed by atoms with Gasteiger partial charge in [-0.25, -0.2) is 0 Å². The molecule has 0 saturated heterocycles. The van der Waals surface area contributed by atoms with Crippen molar-refractivity contribution >= 4 is 0 Å². The van der Waals surface area contributed by atoms with Gasteiger partial charge in [-0.3, -0.25) is 0 Å². The predicted octanol–water partition coefficient (Wildman–Crippen LogP) is 6.36. The van der Waals surface area contributed by atoms with Gasteiger partial charge in [-0.15, -0.1) is 0 Å². The van der Waals surface area contributed by atoms with Crippen molar-refractivity contribution in [2.75, 3.05) is 0 Å². The Kier molecular flexibility index (Phi) is 5.76. The monoisotopic (exact) mass is 378 g/mol. The molecule has 0 aromatic heterocycles. The second-order valence-electron chi connectivity index (χ2n) is 7.78. The molecule has 4 rings (SSSR count). The maximum Gasteiger partial charge on any atom is 0.119 e. The summed E-state index contributed by atoms with van der Waals surface area (Å²) in [5.41, 5.74) is 4.60. The van der Waals surface area contributed by atoms with Gasteiger partial charge < -0.3 is 5.11 Å². The molecule has 4 aromatic carbocycles.